The minimum Gasteiger partial charge on any atom is -0.390 e. The van der Waals surface area contributed by atoms with Gasteiger partial charge < -0.3 is 15.5 Å². The monoisotopic (exact) mass is 458 g/mol. The molecule has 4 N–H and O–H groups in total. The van der Waals surface area contributed by atoms with E-state index < -0.39 is 23.9 Å². The minimum atomic E-state index is -1.12. The predicted molar refractivity (Wildman–Crippen MR) is 131 cm³/mol. The molecular formula is C26H30N6O2. The van der Waals surface area contributed by atoms with Gasteiger partial charge in [0.25, 0.3) is 0 Å². The van der Waals surface area contributed by atoms with E-state index in [4.69, 9.17) is 5.10 Å². The standard InChI is InChI=1S/C26H30N6O2/c1-16-21(17-14-27-31(4)15-17)30-32(18-10-6-5-7-11-18)24(16)29-25(34)28-22-19-12-8-9-13-20(19)26(2,3)23(22)33/h5-15,22-23,25,28-29,33-34H,1-4H3/t22?,23-,25?/m0/s1. The number of hydrogen-bond donors (Lipinski definition) is 4. The molecule has 0 radical (unpaired) electrons. The number of nitrogens with one attached hydrogen (secondary N) is 2. The molecule has 5 rings (SSSR count). The molecule has 8 nitrogen and oxygen atoms in total. The second kappa shape index (κ2) is 8.39. The summed E-state index contributed by atoms with van der Waals surface area (Å²) in [5.41, 5.74) is 5.06. The van der Waals surface area contributed by atoms with Gasteiger partial charge in [-0.05, 0) is 30.2 Å². The largest absolute Gasteiger partial charge is 0.390 e. The molecule has 0 bridgehead atoms. The van der Waals surface area contributed by atoms with Crippen molar-refractivity contribution in [1.82, 2.24) is 24.9 Å². The summed E-state index contributed by atoms with van der Waals surface area (Å²) in [7, 11) is 1.87. The summed E-state index contributed by atoms with van der Waals surface area (Å²) in [6, 6.07) is 17.3. The van der Waals surface area contributed by atoms with Gasteiger partial charge in [-0.15, -0.1) is 0 Å². The molecule has 4 aromatic rings. The summed E-state index contributed by atoms with van der Waals surface area (Å²) in [5.74, 6) is 0.657. The first-order valence-electron chi connectivity index (χ1n) is 11.4. The predicted octanol–water partition coefficient (Wildman–Crippen LogP) is 3.25. The third-order valence-electron chi connectivity index (χ3n) is 6.76. The number of para-hydroxylation sites is 1. The van der Waals surface area contributed by atoms with E-state index in [1.54, 1.807) is 15.6 Å². The van der Waals surface area contributed by atoms with E-state index in [-0.39, 0.29) is 0 Å². The normalized spacial score (nSPS) is 19.7. The Morgan fingerprint density at radius 3 is 2.47 bits per heavy atom. The van der Waals surface area contributed by atoms with Gasteiger partial charge in [0.15, 0.2) is 6.35 Å². The van der Waals surface area contributed by atoms with E-state index in [1.165, 1.54) is 0 Å². The van der Waals surface area contributed by atoms with E-state index in [0.717, 1.165) is 33.6 Å². The van der Waals surface area contributed by atoms with Crippen LogP contribution in [-0.4, -0.2) is 42.2 Å². The van der Waals surface area contributed by atoms with Crippen molar-refractivity contribution in [3.8, 4) is 16.9 Å². The van der Waals surface area contributed by atoms with Gasteiger partial charge in [0.1, 0.15) is 11.5 Å². The highest BCUT2D eigenvalue weighted by molar-refractivity contribution is 5.69. The summed E-state index contributed by atoms with van der Waals surface area (Å²) in [5, 5.41) is 37.6. The van der Waals surface area contributed by atoms with Crippen LogP contribution in [-0.2, 0) is 12.5 Å². The molecule has 1 aliphatic rings. The highest BCUT2D eigenvalue weighted by atomic mass is 16.3. The maximum Gasteiger partial charge on any atom is 0.183 e. The zero-order valence-electron chi connectivity index (χ0n) is 19.8. The quantitative estimate of drug-likeness (QED) is 0.331. The van der Waals surface area contributed by atoms with Gasteiger partial charge in [0.2, 0.25) is 0 Å². The van der Waals surface area contributed by atoms with Crippen molar-refractivity contribution in [3.63, 3.8) is 0 Å². The third-order valence-corrected chi connectivity index (χ3v) is 6.76. The fraction of sp³-hybridized carbons (Fsp3) is 0.308. The Hall–Kier alpha value is -3.46. The molecule has 2 heterocycles. The SMILES string of the molecule is Cc1c(-c2cnn(C)c2)nn(-c2ccccc2)c1NC(O)NC1c2ccccc2C(C)(C)[C@H]1O. The molecule has 0 saturated heterocycles. The Kier molecular flexibility index (Phi) is 5.51. The molecule has 3 atom stereocenters. The lowest BCUT2D eigenvalue weighted by molar-refractivity contribution is 0.0496. The molecule has 2 aromatic carbocycles. The van der Waals surface area contributed by atoms with E-state index in [1.807, 2.05) is 88.6 Å². The van der Waals surface area contributed by atoms with Crippen LogP contribution in [0.1, 0.15) is 36.6 Å². The molecule has 0 amide bonds. The van der Waals surface area contributed by atoms with Crippen molar-refractivity contribution in [2.45, 2.75) is 44.7 Å². The highest BCUT2D eigenvalue weighted by Gasteiger charge is 2.45. The van der Waals surface area contributed by atoms with Crippen LogP contribution in [0.2, 0.25) is 0 Å². The van der Waals surface area contributed by atoms with Gasteiger partial charge in [-0.3, -0.25) is 10.00 Å². The second-order valence-electron chi connectivity index (χ2n) is 9.42. The lowest BCUT2D eigenvalue weighted by atomic mass is 9.84. The van der Waals surface area contributed by atoms with E-state index in [0.29, 0.717) is 5.82 Å². The third kappa shape index (κ3) is 3.69. The molecule has 2 aromatic heterocycles. The topological polar surface area (TPSA) is 100 Å². The van der Waals surface area contributed by atoms with E-state index in [9.17, 15) is 10.2 Å². The number of aliphatic hydroxyl groups is 2. The molecule has 8 heteroatoms. The van der Waals surface area contributed by atoms with Crippen molar-refractivity contribution in [1.29, 1.82) is 0 Å². The number of nitrogens with zero attached hydrogens (tertiary/aromatic N) is 4. The fourth-order valence-electron chi connectivity index (χ4n) is 4.86. The Balaban J connectivity index is 1.48. The van der Waals surface area contributed by atoms with Crippen LogP contribution < -0.4 is 10.6 Å². The van der Waals surface area contributed by atoms with Crippen LogP contribution in [0.5, 0.6) is 0 Å². The number of benzene rings is 2. The first-order chi connectivity index (χ1) is 16.3. The smallest absolute Gasteiger partial charge is 0.183 e. The number of fused-ring (bicyclic) bond motifs is 1. The molecule has 0 aliphatic heterocycles. The number of hydrogen-bond acceptors (Lipinski definition) is 6. The zero-order chi connectivity index (χ0) is 24.0. The van der Waals surface area contributed by atoms with Gasteiger partial charge in [-0.1, -0.05) is 56.3 Å². The van der Waals surface area contributed by atoms with Gasteiger partial charge >= 0.3 is 0 Å². The summed E-state index contributed by atoms with van der Waals surface area (Å²) in [6.45, 7) is 6.01. The Labute approximate surface area is 198 Å². The van der Waals surface area contributed by atoms with Gasteiger partial charge in [-0.2, -0.15) is 10.2 Å². The lowest BCUT2D eigenvalue weighted by Gasteiger charge is -2.29. The van der Waals surface area contributed by atoms with E-state index in [2.05, 4.69) is 15.7 Å². The minimum absolute atomic E-state index is 0.417. The molecule has 34 heavy (non-hydrogen) atoms. The first-order valence-corrected chi connectivity index (χ1v) is 11.4. The Bertz CT molecular complexity index is 1310. The van der Waals surface area contributed by atoms with Crippen molar-refractivity contribution in [2.75, 3.05) is 5.32 Å². The van der Waals surface area contributed by atoms with Crippen molar-refractivity contribution in [2.24, 2.45) is 7.05 Å². The zero-order valence-corrected chi connectivity index (χ0v) is 19.8. The van der Waals surface area contributed by atoms with Crippen molar-refractivity contribution in [3.05, 3.63) is 83.7 Å². The summed E-state index contributed by atoms with van der Waals surface area (Å²) in [4.78, 5) is 0. The van der Waals surface area contributed by atoms with Crippen LogP contribution in [0.4, 0.5) is 5.82 Å². The number of anilines is 1. The number of rotatable bonds is 6. The number of aryl methyl sites for hydroxylation is 1. The molecular weight excluding hydrogens is 428 g/mol. The first kappa shape index (κ1) is 22.3. The average molecular weight is 459 g/mol. The van der Waals surface area contributed by atoms with Gasteiger partial charge in [0.05, 0.1) is 24.0 Å². The maximum atomic E-state index is 11.1. The lowest BCUT2D eigenvalue weighted by Crippen LogP contribution is -2.45. The molecule has 2 unspecified atom stereocenters. The van der Waals surface area contributed by atoms with E-state index >= 15 is 0 Å². The van der Waals surface area contributed by atoms with Crippen molar-refractivity contribution >= 4 is 5.82 Å². The number of aliphatic hydroxyl groups excluding tert-OH is 2. The van der Waals surface area contributed by atoms with Crippen molar-refractivity contribution < 1.29 is 10.2 Å². The van der Waals surface area contributed by atoms with Crippen LogP contribution in [0.15, 0.2) is 67.0 Å². The van der Waals surface area contributed by atoms with Crippen LogP contribution in [0, 0.1) is 6.92 Å². The molecule has 0 saturated carbocycles. The Morgan fingerprint density at radius 2 is 1.76 bits per heavy atom. The van der Waals surface area contributed by atoms with Crippen LogP contribution in [0.3, 0.4) is 0 Å². The maximum absolute atomic E-state index is 11.1. The molecule has 0 fully saturated rings. The summed E-state index contributed by atoms with van der Waals surface area (Å²) in [6.07, 6.45) is 1.88. The Morgan fingerprint density at radius 1 is 1.06 bits per heavy atom. The summed E-state index contributed by atoms with van der Waals surface area (Å²) >= 11 is 0. The van der Waals surface area contributed by atoms with Crippen LogP contribution >= 0.6 is 0 Å². The second-order valence-corrected chi connectivity index (χ2v) is 9.42. The fourth-order valence-corrected chi connectivity index (χ4v) is 4.86. The van der Waals surface area contributed by atoms with Crippen LogP contribution in [0.25, 0.3) is 16.9 Å². The molecule has 176 valence electrons. The average Bonchev–Trinajstić information content (AvgIpc) is 3.45. The van der Waals surface area contributed by atoms with Gasteiger partial charge in [-0.25, -0.2) is 4.68 Å². The molecule has 1 aliphatic carbocycles. The summed E-state index contributed by atoms with van der Waals surface area (Å²) < 4.78 is 3.52. The number of aromatic nitrogens is 4. The molecule has 0 spiro atoms. The highest BCUT2D eigenvalue weighted by Crippen LogP contribution is 2.44. The van der Waals surface area contributed by atoms with Gasteiger partial charge in [0, 0.05) is 29.8 Å².